The Kier molecular flexibility index (Phi) is 8.37. The van der Waals surface area contributed by atoms with E-state index >= 15 is 0 Å². The molecule has 0 unspecified atom stereocenters. The first-order valence-electron chi connectivity index (χ1n) is 7.58. The van der Waals surface area contributed by atoms with E-state index in [-0.39, 0.29) is 11.0 Å². The van der Waals surface area contributed by atoms with Gasteiger partial charge in [-0.25, -0.2) is 8.42 Å². The normalized spacial score (nSPS) is 14.8. The summed E-state index contributed by atoms with van der Waals surface area (Å²) < 4.78 is 24.9. The van der Waals surface area contributed by atoms with Gasteiger partial charge in [-0.05, 0) is 30.7 Å². The highest BCUT2D eigenvalue weighted by Gasteiger charge is 2.26. The van der Waals surface area contributed by atoms with E-state index in [1.54, 1.807) is 42.1 Å². The molecule has 21 heavy (non-hydrogen) atoms. The monoisotopic (exact) mass is 330 g/mol. The molecule has 0 spiro atoms. The van der Waals surface area contributed by atoms with E-state index in [2.05, 4.69) is 6.92 Å². The van der Waals surface area contributed by atoms with Crippen LogP contribution in [0.25, 0.3) is 0 Å². The van der Waals surface area contributed by atoms with Gasteiger partial charge in [0.2, 0.25) is 0 Å². The molecule has 0 fully saturated rings. The fourth-order valence-corrected chi connectivity index (χ4v) is 5.53. The molecule has 0 aliphatic heterocycles. The van der Waals surface area contributed by atoms with Gasteiger partial charge in [0, 0.05) is 5.25 Å². The number of aliphatic hydroxyl groups is 1. The maximum Gasteiger partial charge on any atom is 0.179 e. The second-order valence-corrected chi connectivity index (χ2v) is 8.59. The van der Waals surface area contributed by atoms with Crippen LogP contribution < -0.4 is 0 Å². The van der Waals surface area contributed by atoms with Crippen molar-refractivity contribution in [2.75, 3.05) is 11.5 Å². The molecule has 120 valence electrons. The Hall–Kier alpha value is -0.520. The van der Waals surface area contributed by atoms with Crippen LogP contribution >= 0.6 is 11.8 Å². The van der Waals surface area contributed by atoms with E-state index in [0.29, 0.717) is 11.3 Å². The summed E-state index contributed by atoms with van der Waals surface area (Å²) in [4.78, 5) is 0.342. The molecule has 1 N–H and O–H groups in total. The lowest BCUT2D eigenvalue weighted by molar-refractivity contribution is 0.165. The molecule has 0 aliphatic carbocycles. The van der Waals surface area contributed by atoms with E-state index in [9.17, 15) is 13.5 Å². The van der Waals surface area contributed by atoms with Crippen molar-refractivity contribution in [3.05, 3.63) is 30.3 Å². The molecule has 3 nitrogen and oxygen atoms in total. The number of benzene rings is 1. The SMILES string of the molecule is CCCCS[C@H](CS(=O)(=O)c1ccccc1)[C@@H](O)CCC. The predicted octanol–water partition coefficient (Wildman–Crippen LogP) is 3.52. The van der Waals surface area contributed by atoms with Gasteiger partial charge in [-0.1, -0.05) is 44.9 Å². The molecule has 1 aromatic carbocycles. The quantitative estimate of drug-likeness (QED) is 0.667. The summed E-state index contributed by atoms with van der Waals surface area (Å²) in [6.07, 6.45) is 3.07. The highest BCUT2D eigenvalue weighted by molar-refractivity contribution is 8.01. The molecule has 0 radical (unpaired) electrons. The van der Waals surface area contributed by atoms with Gasteiger partial charge in [0.05, 0.1) is 16.8 Å². The Morgan fingerprint density at radius 1 is 1.14 bits per heavy atom. The number of unbranched alkanes of at least 4 members (excludes halogenated alkanes) is 1. The van der Waals surface area contributed by atoms with Crippen LogP contribution in [0.15, 0.2) is 35.2 Å². The van der Waals surface area contributed by atoms with Crippen LogP contribution in [0.1, 0.15) is 39.5 Å². The lowest BCUT2D eigenvalue weighted by Crippen LogP contribution is -2.31. The third-order valence-electron chi connectivity index (χ3n) is 3.33. The van der Waals surface area contributed by atoms with E-state index in [1.165, 1.54) is 0 Å². The topological polar surface area (TPSA) is 54.4 Å². The van der Waals surface area contributed by atoms with Crippen molar-refractivity contribution in [3.8, 4) is 0 Å². The summed E-state index contributed by atoms with van der Waals surface area (Å²) >= 11 is 1.59. The molecular formula is C16H26O3S2. The molecule has 0 heterocycles. The number of thioether (sulfide) groups is 1. The number of hydrogen-bond donors (Lipinski definition) is 1. The summed E-state index contributed by atoms with van der Waals surface area (Å²) in [5.41, 5.74) is 0. The lowest BCUT2D eigenvalue weighted by atomic mass is 10.1. The first-order chi connectivity index (χ1) is 10.0. The van der Waals surface area contributed by atoms with Crippen molar-refractivity contribution >= 4 is 21.6 Å². The smallest absolute Gasteiger partial charge is 0.179 e. The Balaban J connectivity index is 2.79. The number of sulfone groups is 1. The largest absolute Gasteiger partial charge is 0.392 e. The van der Waals surface area contributed by atoms with E-state index in [4.69, 9.17) is 0 Å². The zero-order valence-electron chi connectivity index (χ0n) is 12.9. The molecule has 0 aromatic heterocycles. The van der Waals surface area contributed by atoms with Gasteiger partial charge in [-0.2, -0.15) is 11.8 Å². The minimum atomic E-state index is -3.34. The predicted molar refractivity (Wildman–Crippen MR) is 90.6 cm³/mol. The van der Waals surface area contributed by atoms with Crippen molar-refractivity contribution in [1.82, 2.24) is 0 Å². The van der Waals surface area contributed by atoms with Crippen LogP contribution in [0, 0.1) is 0 Å². The molecule has 5 heteroatoms. The fraction of sp³-hybridized carbons (Fsp3) is 0.625. The molecule has 0 bridgehead atoms. The summed E-state index contributed by atoms with van der Waals surface area (Å²) in [5.74, 6) is 0.902. The van der Waals surface area contributed by atoms with Crippen LogP contribution in [-0.4, -0.2) is 36.4 Å². The van der Waals surface area contributed by atoms with Gasteiger partial charge in [-0.15, -0.1) is 0 Å². The van der Waals surface area contributed by atoms with Crippen LogP contribution in [0.5, 0.6) is 0 Å². The van der Waals surface area contributed by atoms with E-state index in [1.807, 2.05) is 6.92 Å². The Morgan fingerprint density at radius 2 is 1.81 bits per heavy atom. The molecule has 0 amide bonds. The Morgan fingerprint density at radius 3 is 2.38 bits per heavy atom. The van der Waals surface area contributed by atoms with Gasteiger partial charge in [-0.3, -0.25) is 0 Å². The number of hydrogen-bond acceptors (Lipinski definition) is 4. The van der Waals surface area contributed by atoms with Crippen LogP contribution in [0.4, 0.5) is 0 Å². The van der Waals surface area contributed by atoms with E-state index < -0.39 is 15.9 Å². The second-order valence-electron chi connectivity index (χ2n) is 5.21. The molecule has 2 atom stereocenters. The molecule has 0 aliphatic rings. The van der Waals surface area contributed by atoms with Crippen molar-refractivity contribution < 1.29 is 13.5 Å². The minimum Gasteiger partial charge on any atom is -0.392 e. The standard InChI is InChI=1S/C16H26O3S2/c1-3-5-12-20-16(15(17)9-4-2)13-21(18,19)14-10-7-6-8-11-14/h6-8,10-11,15-17H,3-5,9,12-13H2,1-2H3/t15-,16+/m0/s1. The zero-order chi connectivity index (χ0) is 15.7. The highest BCUT2D eigenvalue weighted by atomic mass is 32.2. The van der Waals surface area contributed by atoms with Crippen LogP contribution in [0.2, 0.25) is 0 Å². The fourth-order valence-electron chi connectivity index (χ4n) is 2.07. The first kappa shape index (κ1) is 18.5. The van der Waals surface area contributed by atoms with Gasteiger partial charge >= 0.3 is 0 Å². The lowest BCUT2D eigenvalue weighted by Gasteiger charge is -2.22. The molecule has 1 aromatic rings. The van der Waals surface area contributed by atoms with Crippen LogP contribution in [-0.2, 0) is 9.84 Å². The summed E-state index contributed by atoms with van der Waals surface area (Å²) in [7, 11) is -3.34. The van der Waals surface area contributed by atoms with Crippen molar-refractivity contribution in [2.24, 2.45) is 0 Å². The van der Waals surface area contributed by atoms with Gasteiger partial charge < -0.3 is 5.11 Å². The zero-order valence-corrected chi connectivity index (χ0v) is 14.5. The second kappa shape index (κ2) is 9.49. The molecule has 1 rings (SSSR count). The number of aliphatic hydroxyl groups excluding tert-OH is 1. The Bertz CT molecular complexity index is 486. The van der Waals surface area contributed by atoms with Gasteiger partial charge in [0.15, 0.2) is 9.84 Å². The number of rotatable bonds is 10. The summed E-state index contributed by atoms with van der Waals surface area (Å²) in [6, 6.07) is 8.51. The third kappa shape index (κ3) is 6.41. The molecule has 0 saturated carbocycles. The average molecular weight is 331 g/mol. The minimum absolute atomic E-state index is 0.00651. The first-order valence-corrected chi connectivity index (χ1v) is 10.3. The van der Waals surface area contributed by atoms with Gasteiger partial charge in [0.25, 0.3) is 0 Å². The molecular weight excluding hydrogens is 304 g/mol. The maximum atomic E-state index is 12.5. The van der Waals surface area contributed by atoms with Crippen molar-refractivity contribution in [3.63, 3.8) is 0 Å². The summed E-state index contributed by atoms with van der Waals surface area (Å²) in [6.45, 7) is 4.11. The third-order valence-corrected chi connectivity index (χ3v) is 6.76. The molecule has 0 saturated heterocycles. The van der Waals surface area contributed by atoms with Gasteiger partial charge in [0.1, 0.15) is 0 Å². The Labute approximate surface area is 133 Å². The average Bonchev–Trinajstić information content (AvgIpc) is 2.47. The van der Waals surface area contributed by atoms with Crippen molar-refractivity contribution in [2.45, 2.75) is 55.8 Å². The van der Waals surface area contributed by atoms with Crippen molar-refractivity contribution in [1.29, 1.82) is 0 Å². The summed E-state index contributed by atoms with van der Waals surface area (Å²) in [5, 5.41) is 9.98. The maximum absolute atomic E-state index is 12.5. The van der Waals surface area contributed by atoms with E-state index in [0.717, 1.165) is 25.0 Å². The van der Waals surface area contributed by atoms with Crippen LogP contribution in [0.3, 0.4) is 0 Å². The highest BCUT2D eigenvalue weighted by Crippen LogP contribution is 2.24.